The van der Waals surface area contributed by atoms with Crippen LogP contribution in [0.2, 0.25) is 0 Å². The highest BCUT2D eigenvalue weighted by molar-refractivity contribution is 5.51. The lowest BCUT2D eigenvalue weighted by atomic mass is 10.2. The summed E-state index contributed by atoms with van der Waals surface area (Å²) >= 11 is 0. The highest BCUT2D eigenvalue weighted by atomic mass is 19.4. The number of unbranched alkanes of at least 4 members (excludes halogenated alkanes) is 1. The van der Waals surface area contributed by atoms with Gasteiger partial charge in [0.15, 0.2) is 0 Å². The lowest BCUT2D eigenvalue weighted by Gasteiger charge is -2.09. The summed E-state index contributed by atoms with van der Waals surface area (Å²) in [4.78, 5) is 4.11. The summed E-state index contributed by atoms with van der Waals surface area (Å²) in [6, 6.07) is 3.64. The number of aromatic nitrogens is 1. The van der Waals surface area contributed by atoms with Gasteiger partial charge in [-0.05, 0) is 25.8 Å². The molecule has 102 valence electrons. The van der Waals surface area contributed by atoms with E-state index in [0.717, 1.165) is 18.1 Å². The Morgan fingerprint density at radius 3 is 2.67 bits per heavy atom. The Bertz CT molecular complexity index is 353. The van der Waals surface area contributed by atoms with Crippen molar-refractivity contribution in [3.63, 3.8) is 0 Å². The molecule has 0 saturated carbocycles. The molecule has 6 heteroatoms. The Morgan fingerprint density at radius 2 is 2.00 bits per heavy atom. The normalized spacial score (nSPS) is 11.3. The zero-order chi connectivity index (χ0) is 13.4. The van der Waals surface area contributed by atoms with E-state index in [0.29, 0.717) is 13.0 Å². The van der Waals surface area contributed by atoms with Gasteiger partial charge in [0.2, 0.25) is 0 Å². The number of nitrogens with zero attached hydrogens (tertiary/aromatic N) is 1. The molecule has 0 radical (unpaired) electrons. The molecule has 1 aromatic rings. The van der Waals surface area contributed by atoms with E-state index in [-0.39, 0.29) is 6.42 Å². The van der Waals surface area contributed by atoms with Crippen molar-refractivity contribution >= 4 is 11.5 Å². The van der Waals surface area contributed by atoms with E-state index in [4.69, 9.17) is 0 Å². The van der Waals surface area contributed by atoms with E-state index < -0.39 is 12.6 Å². The maximum Gasteiger partial charge on any atom is 0.389 e. The molecular weight excluding hydrogens is 243 g/mol. The first-order chi connectivity index (χ1) is 8.51. The third-order valence-corrected chi connectivity index (χ3v) is 2.33. The molecule has 2 N–H and O–H groups in total. The molecule has 1 aromatic heterocycles. The van der Waals surface area contributed by atoms with Crippen LogP contribution in [0.5, 0.6) is 0 Å². The minimum Gasteiger partial charge on any atom is -0.385 e. The average Bonchev–Trinajstić information content (AvgIpc) is 2.28. The van der Waals surface area contributed by atoms with Gasteiger partial charge in [-0.15, -0.1) is 0 Å². The molecule has 0 unspecified atom stereocenters. The fourth-order valence-electron chi connectivity index (χ4n) is 1.50. The van der Waals surface area contributed by atoms with Gasteiger partial charge >= 0.3 is 6.18 Å². The summed E-state index contributed by atoms with van der Waals surface area (Å²) in [5, 5.41) is 6.15. The minimum atomic E-state index is -4.05. The summed E-state index contributed by atoms with van der Waals surface area (Å²) < 4.78 is 35.7. The van der Waals surface area contributed by atoms with Crippen LogP contribution in [0.4, 0.5) is 24.7 Å². The molecule has 0 aliphatic rings. The van der Waals surface area contributed by atoms with E-state index in [1.807, 2.05) is 13.0 Å². The van der Waals surface area contributed by atoms with E-state index in [1.165, 1.54) is 0 Å². The average molecular weight is 261 g/mol. The Labute approximate surface area is 105 Å². The van der Waals surface area contributed by atoms with Crippen molar-refractivity contribution < 1.29 is 13.2 Å². The Morgan fingerprint density at radius 1 is 1.22 bits per heavy atom. The van der Waals surface area contributed by atoms with Gasteiger partial charge in [-0.25, -0.2) is 4.98 Å². The van der Waals surface area contributed by atoms with Crippen molar-refractivity contribution in [2.45, 2.75) is 32.4 Å². The standard InChI is InChI=1S/C12H18F3N3/c1-2-16-11-9-10(5-8-18-11)17-7-4-3-6-12(13,14)15/h5,8-9H,2-4,6-7H2,1H3,(H2,16,17,18). The Kier molecular flexibility index (Phi) is 5.74. The zero-order valence-corrected chi connectivity index (χ0v) is 10.3. The van der Waals surface area contributed by atoms with Gasteiger partial charge in [-0.1, -0.05) is 0 Å². The molecule has 0 bridgehead atoms. The second kappa shape index (κ2) is 7.08. The summed E-state index contributed by atoms with van der Waals surface area (Å²) in [6.45, 7) is 3.28. The molecular formula is C12H18F3N3. The van der Waals surface area contributed by atoms with Crippen LogP contribution in [-0.2, 0) is 0 Å². The zero-order valence-electron chi connectivity index (χ0n) is 10.3. The van der Waals surface area contributed by atoms with Gasteiger partial charge in [0.05, 0.1) is 0 Å². The van der Waals surface area contributed by atoms with Gasteiger partial charge in [-0.2, -0.15) is 13.2 Å². The number of rotatable bonds is 7. The van der Waals surface area contributed by atoms with Gasteiger partial charge in [0.1, 0.15) is 5.82 Å². The van der Waals surface area contributed by atoms with Crippen molar-refractivity contribution in [2.75, 3.05) is 23.7 Å². The maximum absolute atomic E-state index is 11.9. The fraction of sp³-hybridized carbons (Fsp3) is 0.583. The molecule has 0 fully saturated rings. The molecule has 0 aromatic carbocycles. The molecule has 0 saturated heterocycles. The van der Waals surface area contributed by atoms with Crippen molar-refractivity contribution in [1.29, 1.82) is 0 Å². The fourth-order valence-corrected chi connectivity index (χ4v) is 1.50. The van der Waals surface area contributed by atoms with Crippen LogP contribution in [0.1, 0.15) is 26.2 Å². The lowest BCUT2D eigenvalue weighted by molar-refractivity contribution is -0.135. The van der Waals surface area contributed by atoms with Crippen LogP contribution in [0.15, 0.2) is 18.3 Å². The molecule has 0 amide bonds. The van der Waals surface area contributed by atoms with Crippen LogP contribution in [0, 0.1) is 0 Å². The maximum atomic E-state index is 11.9. The topological polar surface area (TPSA) is 37.0 Å². The first kappa shape index (κ1) is 14.6. The van der Waals surface area contributed by atoms with E-state index in [1.54, 1.807) is 12.3 Å². The highest BCUT2D eigenvalue weighted by Gasteiger charge is 2.25. The smallest absolute Gasteiger partial charge is 0.385 e. The number of hydrogen-bond acceptors (Lipinski definition) is 3. The predicted octanol–water partition coefficient (Wildman–Crippen LogP) is 3.66. The van der Waals surface area contributed by atoms with Crippen molar-refractivity contribution in [3.05, 3.63) is 18.3 Å². The quantitative estimate of drug-likeness (QED) is 0.735. The van der Waals surface area contributed by atoms with E-state index >= 15 is 0 Å². The Balaban J connectivity index is 2.24. The van der Waals surface area contributed by atoms with Gasteiger partial charge in [0, 0.05) is 37.5 Å². The van der Waals surface area contributed by atoms with Gasteiger partial charge in [-0.3, -0.25) is 0 Å². The number of anilines is 2. The minimum absolute atomic E-state index is 0.154. The largest absolute Gasteiger partial charge is 0.389 e. The molecule has 1 rings (SSSR count). The van der Waals surface area contributed by atoms with Gasteiger partial charge < -0.3 is 10.6 Å². The van der Waals surface area contributed by atoms with Crippen LogP contribution >= 0.6 is 0 Å². The van der Waals surface area contributed by atoms with Crippen LogP contribution in [0.3, 0.4) is 0 Å². The first-order valence-corrected chi connectivity index (χ1v) is 6.02. The van der Waals surface area contributed by atoms with Gasteiger partial charge in [0.25, 0.3) is 0 Å². The molecule has 0 aliphatic carbocycles. The van der Waals surface area contributed by atoms with E-state index in [9.17, 15) is 13.2 Å². The molecule has 0 atom stereocenters. The summed E-state index contributed by atoms with van der Waals surface area (Å²) in [5.74, 6) is 0.762. The van der Waals surface area contributed by atoms with Crippen molar-refractivity contribution in [3.8, 4) is 0 Å². The molecule has 1 heterocycles. The van der Waals surface area contributed by atoms with Crippen molar-refractivity contribution in [2.24, 2.45) is 0 Å². The molecule has 0 spiro atoms. The number of nitrogens with one attached hydrogen (secondary N) is 2. The number of hydrogen-bond donors (Lipinski definition) is 2. The predicted molar refractivity (Wildman–Crippen MR) is 66.8 cm³/mol. The first-order valence-electron chi connectivity index (χ1n) is 6.02. The third kappa shape index (κ3) is 6.32. The monoisotopic (exact) mass is 261 g/mol. The third-order valence-electron chi connectivity index (χ3n) is 2.33. The summed E-state index contributed by atoms with van der Waals surface area (Å²) in [7, 11) is 0. The Hall–Kier alpha value is -1.46. The highest BCUT2D eigenvalue weighted by Crippen LogP contribution is 2.22. The number of halogens is 3. The molecule has 0 aliphatic heterocycles. The van der Waals surface area contributed by atoms with Crippen LogP contribution in [0.25, 0.3) is 0 Å². The second-order valence-corrected chi connectivity index (χ2v) is 3.96. The lowest BCUT2D eigenvalue weighted by Crippen LogP contribution is -2.09. The second-order valence-electron chi connectivity index (χ2n) is 3.96. The number of alkyl halides is 3. The molecule has 3 nitrogen and oxygen atoms in total. The SMILES string of the molecule is CCNc1cc(NCCCCC(F)(F)F)ccn1. The number of pyridine rings is 1. The summed E-state index contributed by atoms with van der Waals surface area (Å²) in [6.07, 6.45) is -2.45. The van der Waals surface area contributed by atoms with Crippen LogP contribution in [-0.4, -0.2) is 24.2 Å². The molecule has 18 heavy (non-hydrogen) atoms. The van der Waals surface area contributed by atoms with Crippen LogP contribution < -0.4 is 10.6 Å². The van der Waals surface area contributed by atoms with Crippen molar-refractivity contribution in [1.82, 2.24) is 4.98 Å². The van der Waals surface area contributed by atoms with E-state index in [2.05, 4.69) is 15.6 Å². The summed E-state index contributed by atoms with van der Waals surface area (Å²) in [5.41, 5.74) is 0.868.